The molecule has 0 radical (unpaired) electrons. The van der Waals surface area contributed by atoms with Crippen molar-refractivity contribution in [3.05, 3.63) is 36.3 Å². The summed E-state index contributed by atoms with van der Waals surface area (Å²) in [6, 6.07) is 3.40. The van der Waals surface area contributed by atoms with Crippen LogP contribution in [0.4, 0.5) is 4.79 Å². The quantitative estimate of drug-likeness (QED) is 0.482. The van der Waals surface area contributed by atoms with Gasteiger partial charge in [0.25, 0.3) is 0 Å². The smallest absolute Gasteiger partial charge is 0.315 e. The fourth-order valence-electron chi connectivity index (χ4n) is 1.88. The zero-order valence-electron chi connectivity index (χ0n) is 11.7. The van der Waals surface area contributed by atoms with Gasteiger partial charge in [0.1, 0.15) is 5.65 Å². The molecule has 0 unspecified atom stereocenters. The van der Waals surface area contributed by atoms with Gasteiger partial charge in [0.05, 0.1) is 5.69 Å². The van der Waals surface area contributed by atoms with E-state index >= 15 is 0 Å². The molecule has 0 aliphatic rings. The van der Waals surface area contributed by atoms with Gasteiger partial charge >= 0.3 is 6.03 Å². The molecule has 0 atom stereocenters. The van der Waals surface area contributed by atoms with Crippen LogP contribution < -0.4 is 22.1 Å². The van der Waals surface area contributed by atoms with Crippen LogP contribution in [0.5, 0.6) is 0 Å². The highest BCUT2D eigenvalue weighted by Gasteiger charge is 2.23. The van der Waals surface area contributed by atoms with Crippen LogP contribution in [0.15, 0.2) is 30.6 Å². The lowest BCUT2D eigenvalue weighted by atomic mass is 10.3. The summed E-state index contributed by atoms with van der Waals surface area (Å²) in [5.74, 6) is -2.02. The van der Waals surface area contributed by atoms with Gasteiger partial charge in [-0.05, 0) is 12.1 Å². The summed E-state index contributed by atoms with van der Waals surface area (Å²) < 4.78 is 1.87. The Morgan fingerprint density at radius 1 is 1.23 bits per heavy atom. The highest BCUT2D eigenvalue weighted by molar-refractivity contribution is 6.05. The van der Waals surface area contributed by atoms with E-state index in [4.69, 9.17) is 11.5 Å². The maximum atomic E-state index is 11.6. The van der Waals surface area contributed by atoms with Crippen LogP contribution >= 0.6 is 0 Å². The van der Waals surface area contributed by atoms with Crippen molar-refractivity contribution in [2.75, 3.05) is 6.54 Å². The molecule has 22 heavy (non-hydrogen) atoms. The van der Waals surface area contributed by atoms with Gasteiger partial charge in [-0.2, -0.15) is 0 Å². The van der Waals surface area contributed by atoms with Crippen molar-refractivity contribution in [3.63, 3.8) is 0 Å². The van der Waals surface area contributed by atoms with Gasteiger partial charge in [-0.15, -0.1) is 0 Å². The second-order valence-corrected chi connectivity index (χ2v) is 4.59. The molecule has 6 N–H and O–H groups in total. The van der Waals surface area contributed by atoms with Crippen LogP contribution in [-0.4, -0.2) is 39.8 Å². The number of carbonyl (C=O) groups is 3. The molecule has 0 bridgehead atoms. The van der Waals surface area contributed by atoms with E-state index in [1.807, 2.05) is 35.0 Å². The molecule has 0 aliphatic carbocycles. The normalized spacial score (nSPS) is 10.6. The van der Waals surface area contributed by atoms with Gasteiger partial charge < -0.3 is 26.5 Å². The summed E-state index contributed by atoms with van der Waals surface area (Å²) in [6.45, 7) is 0.278. The third-order valence-electron chi connectivity index (χ3n) is 2.93. The number of nitrogens with one attached hydrogen (secondary N) is 2. The number of pyridine rings is 1. The number of aromatic nitrogens is 2. The van der Waals surface area contributed by atoms with E-state index in [2.05, 4.69) is 15.6 Å². The van der Waals surface area contributed by atoms with Gasteiger partial charge in [0, 0.05) is 25.4 Å². The maximum absolute atomic E-state index is 11.6. The van der Waals surface area contributed by atoms with Crippen molar-refractivity contribution in [1.82, 2.24) is 20.0 Å². The minimum atomic E-state index is -1.53. The van der Waals surface area contributed by atoms with Crippen LogP contribution in [0.3, 0.4) is 0 Å². The van der Waals surface area contributed by atoms with Gasteiger partial charge in [-0.25, -0.2) is 9.78 Å². The molecule has 4 amide bonds. The number of fused-ring (bicyclic) bond motifs is 1. The monoisotopic (exact) mass is 304 g/mol. The second kappa shape index (κ2) is 6.57. The number of hydrogen-bond acceptors (Lipinski definition) is 4. The molecule has 116 valence electrons. The topological polar surface area (TPSA) is 145 Å². The predicted molar refractivity (Wildman–Crippen MR) is 77.6 cm³/mol. The zero-order valence-corrected chi connectivity index (χ0v) is 11.7. The van der Waals surface area contributed by atoms with E-state index in [0.717, 1.165) is 11.3 Å². The number of urea groups is 1. The van der Waals surface area contributed by atoms with Crippen LogP contribution in [0.1, 0.15) is 5.69 Å². The maximum Gasteiger partial charge on any atom is 0.315 e. The molecule has 0 saturated heterocycles. The molecule has 0 spiro atoms. The number of hydrogen-bond donors (Lipinski definition) is 4. The van der Waals surface area contributed by atoms with Crippen molar-refractivity contribution in [3.8, 4) is 0 Å². The number of carbonyl (C=O) groups excluding carboxylic acids is 3. The highest BCUT2D eigenvalue weighted by atomic mass is 16.2. The molecule has 2 aromatic heterocycles. The lowest BCUT2D eigenvalue weighted by Gasteiger charge is -2.12. The van der Waals surface area contributed by atoms with Crippen LogP contribution in [0.25, 0.3) is 5.65 Å². The summed E-state index contributed by atoms with van der Waals surface area (Å²) in [6.07, 6.45) is 4.22. The Kier molecular flexibility index (Phi) is 4.57. The molecule has 2 heterocycles. The van der Waals surface area contributed by atoms with Crippen molar-refractivity contribution in [2.45, 2.75) is 12.5 Å². The molecule has 0 aliphatic heterocycles. The first-order valence-electron chi connectivity index (χ1n) is 6.53. The number of nitrogens with zero attached hydrogens (tertiary/aromatic N) is 2. The molecule has 2 aromatic rings. The van der Waals surface area contributed by atoms with Gasteiger partial charge in [0.2, 0.25) is 11.8 Å². The minimum absolute atomic E-state index is 0.278. The standard InChI is InChI=1S/C13H16N6O3/c14-11(20)10(12(15)21)18-13(22)16-5-4-8-7-19-6-2-1-3-9(19)17-8/h1-3,6-7,10H,4-5H2,(H2,14,20)(H2,15,21)(H2,16,18,22). The van der Waals surface area contributed by atoms with E-state index in [-0.39, 0.29) is 6.54 Å². The largest absolute Gasteiger partial charge is 0.367 e. The van der Waals surface area contributed by atoms with E-state index in [9.17, 15) is 14.4 Å². The number of primary amides is 2. The molecule has 0 aromatic carbocycles. The van der Waals surface area contributed by atoms with Gasteiger partial charge in [-0.3, -0.25) is 9.59 Å². The van der Waals surface area contributed by atoms with E-state index < -0.39 is 23.9 Å². The van der Waals surface area contributed by atoms with Crippen LogP contribution in [-0.2, 0) is 16.0 Å². The summed E-state index contributed by atoms with van der Waals surface area (Å²) in [4.78, 5) is 37.8. The SMILES string of the molecule is NC(=O)C(NC(=O)NCCc1cn2ccccc2n1)C(N)=O. The van der Waals surface area contributed by atoms with E-state index in [0.29, 0.717) is 6.42 Å². The summed E-state index contributed by atoms with van der Waals surface area (Å²) in [5.41, 5.74) is 11.5. The molecule has 0 saturated carbocycles. The Balaban J connectivity index is 1.84. The Bertz CT molecular complexity index is 664. The van der Waals surface area contributed by atoms with Crippen LogP contribution in [0.2, 0.25) is 0 Å². The first-order chi connectivity index (χ1) is 10.5. The fourth-order valence-corrected chi connectivity index (χ4v) is 1.88. The summed E-state index contributed by atoms with van der Waals surface area (Å²) in [5, 5.41) is 4.60. The molecule has 9 heteroatoms. The lowest BCUT2D eigenvalue weighted by molar-refractivity contribution is -0.128. The summed E-state index contributed by atoms with van der Waals surface area (Å²) >= 11 is 0. The number of rotatable bonds is 6. The van der Waals surface area contributed by atoms with Gasteiger partial charge in [-0.1, -0.05) is 6.07 Å². The first kappa shape index (κ1) is 15.3. The lowest BCUT2D eigenvalue weighted by Crippen LogP contribution is -2.55. The van der Waals surface area contributed by atoms with Crippen LogP contribution in [0, 0.1) is 0 Å². The molecular weight excluding hydrogens is 288 g/mol. The first-order valence-corrected chi connectivity index (χ1v) is 6.53. The average molecular weight is 304 g/mol. The number of nitrogens with two attached hydrogens (primary N) is 2. The Hall–Kier alpha value is -3.10. The number of imidazole rings is 1. The third-order valence-corrected chi connectivity index (χ3v) is 2.93. The van der Waals surface area contributed by atoms with Crippen molar-refractivity contribution in [1.29, 1.82) is 0 Å². The third kappa shape index (κ3) is 3.72. The average Bonchev–Trinajstić information content (AvgIpc) is 2.86. The fraction of sp³-hybridized carbons (Fsp3) is 0.231. The van der Waals surface area contributed by atoms with E-state index in [1.165, 1.54) is 0 Å². The zero-order chi connectivity index (χ0) is 16.1. The second-order valence-electron chi connectivity index (χ2n) is 4.59. The van der Waals surface area contributed by atoms with Crippen molar-refractivity contribution in [2.24, 2.45) is 11.5 Å². The highest BCUT2D eigenvalue weighted by Crippen LogP contribution is 2.04. The Morgan fingerprint density at radius 2 is 1.95 bits per heavy atom. The molecule has 0 fully saturated rings. The number of amides is 4. The summed E-state index contributed by atoms with van der Waals surface area (Å²) in [7, 11) is 0. The predicted octanol–water partition coefficient (Wildman–Crippen LogP) is -1.48. The Morgan fingerprint density at radius 3 is 2.59 bits per heavy atom. The molecule has 9 nitrogen and oxygen atoms in total. The van der Waals surface area contributed by atoms with E-state index in [1.54, 1.807) is 0 Å². The molecule has 2 rings (SSSR count). The Labute approximate surface area is 125 Å². The van der Waals surface area contributed by atoms with Gasteiger partial charge in [0.15, 0.2) is 6.04 Å². The molecular formula is C13H16N6O3. The van der Waals surface area contributed by atoms with Crippen molar-refractivity contribution >= 4 is 23.5 Å². The minimum Gasteiger partial charge on any atom is -0.367 e. The van der Waals surface area contributed by atoms with Crippen molar-refractivity contribution < 1.29 is 14.4 Å².